The van der Waals surface area contributed by atoms with Gasteiger partial charge in [0.15, 0.2) is 6.23 Å². The SMILES string of the molecule is CCCCCCOC1c2ccccc2C(=O)N1OC1CCCCC1. The first-order valence-corrected chi connectivity index (χ1v) is 9.52. The third-order valence-corrected chi connectivity index (χ3v) is 4.96. The fourth-order valence-corrected chi connectivity index (χ4v) is 3.57. The van der Waals surface area contributed by atoms with E-state index in [2.05, 4.69) is 6.92 Å². The number of nitrogens with zero attached hydrogens (tertiary/aromatic N) is 1. The van der Waals surface area contributed by atoms with Crippen molar-refractivity contribution in [3.8, 4) is 0 Å². The second-order valence-electron chi connectivity index (χ2n) is 6.87. The fourth-order valence-electron chi connectivity index (χ4n) is 3.57. The number of carbonyl (C=O) groups excluding carboxylic acids is 1. The number of hydrogen-bond acceptors (Lipinski definition) is 3. The van der Waals surface area contributed by atoms with Gasteiger partial charge in [-0.15, -0.1) is 0 Å². The summed E-state index contributed by atoms with van der Waals surface area (Å²) in [6, 6.07) is 7.71. The Hall–Kier alpha value is -1.39. The number of unbranched alkanes of at least 4 members (excludes halogenated alkanes) is 3. The zero-order valence-corrected chi connectivity index (χ0v) is 14.7. The van der Waals surface area contributed by atoms with E-state index in [0.29, 0.717) is 12.2 Å². The molecule has 1 saturated carbocycles. The minimum Gasteiger partial charge on any atom is -0.352 e. The number of ether oxygens (including phenoxy) is 1. The normalized spacial score (nSPS) is 21.3. The quantitative estimate of drug-likeness (QED) is 0.629. The number of hydroxylamine groups is 2. The van der Waals surface area contributed by atoms with Crippen molar-refractivity contribution in [3.05, 3.63) is 35.4 Å². The Kier molecular flexibility index (Phi) is 6.27. The predicted molar refractivity (Wildman–Crippen MR) is 93.4 cm³/mol. The summed E-state index contributed by atoms with van der Waals surface area (Å²) in [6.07, 6.45) is 10.1. The number of benzene rings is 1. The number of carbonyl (C=O) groups is 1. The van der Waals surface area contributed by atoms with E-state index in [1.807, 2.05) is 24.3 Å². The zero-order valence-electron chi connectivity index (χ0n) is 14.7. The van der Waals surface area contributed by atoms with Crippen molar-refractivity contribution in [3.63, 3.8) is 0 Å². The highest BCUT2D eigenvalue weighted by molar-refractivity contribution is 5.98. The van der Waals surface area contributed by atoms with Gasteiger partial charge in [-0.3, -0.25) is 9.63 Å². The van der Waals surface area contributed by atoms with Crippen LogP contribution in [0.15, 0.2) is 24.3 Å². The maximum atomic E-state index is 12.7. The van der Waals surface area contributed by atoms with Crippen molar-refractivity contribution in [1.82, 2.24) is 5.06 Å². The van der Waals surface area contributed by atoms with Gasteiger partial charge in [-0.05, 0) is 25.3 Å². The van der Waals surface area contributed by atoms with Crippen LogP contribution in [0.5, 0.6) is 0 Å². The van der Waals surface area contributed by atoms with Crippen LogP contribution in [0.3, 0.4) is 0 Å². The molecule has 0 saturated heterocycles. The highest BCUT2D eigenvalue weighted by Crippen LogP contribution is 2.36. The monoisotopic (exact) mass is 331 g/mol. The molecule has 1 aromatic rings. The van der Waals surface area contributed by atoms with E-state index >= 15 is 0 Å². The molecule has 1 atom stereocenters. The zero-order chi connectivity index (χ0) is 16.8. The van der Waals surface area contributed by atoms with Crippen molar-refractivity contribution in [1.29, 1.82) is 0 Å². The molecule has 24 heavy (non-hydrogen) atoms. The van der Waals surface area contributed by atoms with Crippen molar-refractivity contribution in [2.75, 3.05) is 6.61 Å². The molecule has 3 rings (SSSR count). The van der Waals surface area contributed by atoms with Crippen LogP contribution in [-0.2, 0) is 9.57 Å². The third kappa shape index (κ3) is 3.98. The molecule has 0 aromatic heterocycles. The minimum absolute atomic E-state index is 0.0604. The van der Waals surface area contributed by atoms with E-state index in [1.165, 1.54) is 43.6 Å². The summed E-state index contributed by atoms with van der Waals surface area (Å²) in [5.74, 6) is -0.0604. The Morgan fingerprint density at radius 3 is 2.67 bits per heavy atom. The number of hydrogen-bond donors (Lipinski definition) is 0. The van der Waals surface area contributed by atoms with Crippen molar-refractivity contribution in [2.24, 2.45) is 0 Å². The Balaban J connectivity index is 1.66. The van der Waals surface area contributed by atoms with Gasteiger partial charge in [-0.2, -0.15) is 5.06 Å². The van der Waals surface area contributed by atoms with Gasteiger partial charge in [-0.25, -0.2) is 0 Å². The van der Waals surface area contributed by atoms with E-state index in [4.69, 9.17) is 9.57 Å². The summed E-state index contributed by atoms with van der Waals surface area (Å²) in [5, 5.41) is 1.50. The van der Waals surface area contributed by atoms with Crippen LogP contribution in [0.1, 0.15) is 86.9 Å². The first-order valence-electron chi connectivity index (χ1n) is 9.52. The lowest BCUT2D eigenvalue weighted by atomic mass is 9.98. The van der Waals surface area contributed by atoms with E-state index in [-0.39, 0.29) is 12.0 Å². The smallest absolute Gasteiger partial charge is 0.280 e. The van der Waals surface area contributed by atoms with E-state index < -0.39 is 6.23 Å². The average molecular weight is 331 g/mol. The molecule has 0 bridgehead atoms. The lowest BCUT2D eigenvalue weighted by Gasteiger charge is -2.30. The van der Waals surface area contributed by atoms with Crippen LogP contribution in [0.25, 0.3) is 0 Å². The van der Waals surface area contributed by atoms with E-state index in [0.717, 1.165) is 24.8 Å². The van der Waals surface area contributed by atoms with Gasteiger partial charge in [0.05, 0.1) is 6.10 Å². The molecule has 1 unspecified atom stereocenters. The van der Waals surface area contributed by atoms with Gasteiger partial charge in [0, 0.05) is 17.7 Å². The van der Waals surface area contributed by atoms with Crippen LogP contribution < -0.4 is 0 Å². The molecule has 1 aliphatic heterocycles. The number of rotatable bonds is 8. The van der Waals surface area contributed by atoms with Gasteiger partial charge in [-0.1, -0.05) is 63.6 Å². The molecule has 0 spiro atoms. The summed E-state index contributed by atoms with van der Waals surface area (Å²) >= 11 is 0. The van der Waals surface area contributed by atoms with Crippen LogP contribution in [0.2, 0.25) is 0 Å². The first kappa shape index (κ1) is 17.4. The fraction of sp³-hybridized carbons (Fsp3) is 0.650. The molecule has 1 heterocycles. The molecule has 0 N–H and O–H groups in total. The predicted octanol–water partition coefficient (Wildman–Crippen LogP) is 5.00. The molecule has 4 heteroatoms. The van der Waals surface area contributed by atoms with Crippen LogP contribution in [-0.4, -0.2) is 23.7 Å². The summed E-state index contributed by atoms with van der Waals surface area (Å²) in [6.45, 7) is 2.86. The lowest BCUT2D eigenvalue weighted by molar-refractivity contribution is -0.246. The van der Waals surface area contributed by atoms with Gasteiger partial charge in [0.25, 0.3) is 5.91 Å². The van der Waals surface area contributed by atoms with Crippen molar-refractivity contribution < 1.29 is 14.4 Å². The average Bonchev–Trinajstić information content (AvgIpc) is 2.88. The summed E-state index contributed by atoms with van der Waals surface area (Å²) in [5.41, 5.74) is 1.65. The molecular weight excluding hydrogens is 302 g/mol. The minimum atomic E-state index is -0.391. The molecular formula is C20H29NO3. The van der Waals surface area contributed by atoms with Gasteiger partial charge in [0.1, 0.15) is 0 Å². The lowest BCUT2D eigenvalue weighted by Crippen LogP contribution is -2.35. The Morgan fingerprint density at radius 1 is 1.08 bits per heavy atom. The largest absolute Gasteiger partial charge is 0.352 e. The van der Waals surface area contributed by atoms with E-state index in [9.17, 15) is 4.79 Å². The Morgan fingerprint density at radius 2 is 1.88 bits per heavy atom. The van der Waals surface area contributed by atoms with Crippen molar-refractivity contribution in [2.45, 2.75) is 77.0 Å². The van der Waals surface area contributed by atoms with Gasteiger partial charge in [0.2, 0.25) is 0 Å². The molecule has 1 amide bonds. The van der Waals surface area contributed by atoms with Gasteiger partial charge >= 0.3 is 0 Å². The Labute approximate surface area is 145 Å². The van der Waals surface area contributed by atoms with Crippen LogP contribution >= 0.6 is 0 Å². The highest BCUT2D eigenvalue weighted by Gasteiger charge is 2.39. The molecule has 132 valence electrons. The Bertz CT molecular complexity index is 539. The summed E-state index contributed by atoms with van der Waals surface area (Å²) in [7, 11) is 0. The molecule has 2 aliphatic rings. The van der Waals surface area contributed by atoms with Gasteiger partial charge < -0.3 is 4.74 Å². The molecule has 1 aliphatic carbocycles. The molecule has 4 nitrogen and oxygen atoms in total. The molecule has 1 aromatic carbocycles. The van der Waals surface area contributed by atoms with Crippen LogP contribution in [0, 0.1) is 0 Å². The highest BCUT2D eigenvalue weighted by atomic mass is 16.7. The number of fused-ring (bicyclic) bond motifs is 1. The summed E-state index contributed by atoms with van der Waals surface area (Å²) in [4.78, 5) is 18.8. The maximum Gasteiger partial charge on any atom is 0.280 e. The van der Waals surface area contributed by atoms with E-state index in [1.54, 1.807) is 0 Å². The summed E-state index contributed by atoms with van der Waals surface area (Å²) < 4.78 is 6.08. The maximum absolute atomic E-state index is 12.7. The second-order valence-corrected chi connectivity index (χ2v) is 6.87. The topological polar surface area (TPSA) is 38.8 Å². The number of amides is 1. The molecule has 1 fully saturated rings. The third-order valence-electron chi connectivity index (χ3n) is 4.96. The second kappa shape index (κ2) is 8.63. The van der Waals surface area contributed by atoms with Crippen LogP contribution in [0.4, 0.5) is 0 Å². The standard InChI is InChI=1S/C20H29NO3/c1-2-3-4-10-15-23-20-18-14-9-8-13-17(18)19(22)21(20)24-16-11-6-5-7-12-16/h8-9,13-14,16,20H,2-7,10-12,15H2,1H3. The first-order chi connectivity index (χ1) is 11.8. The molecule has 0 radical (unpaired) electrons. The van der Waals surface area contributed by atoms with Crippen molar-refractivity contribution >= 4 is 5.91 Å².